The Morgan fingerprint density at radius 1 is 1.39 bits per heavy atom. The van der Waals surface area contributed by atoms with Gasteiger partial charge in [-0.3, -0.25) is 9.59 Å². The Morgan fingerprint density at radius 3 is 2.50 bits per heavy atom. The Hall–Kier alpha value is -1.10. The quantitative estimate of drug-likeness (QED) is 0.748. The lowest BCUT2D eigenvalue weighted by Crippen LogP contribution is -2.47. The van der Waals surface area contributed by atoms with Crippen LogP contribution in [0.3, 0.4) is 0 Å². The van der Waals surface area contributed by atoms with E-state index in [0.29, 0.717) is 5.92 Å². The fourth-order valence-corrected chi connectivity index (χ4v) is 2.44. The van der Waals surface area contributed by atoms with Gasteiger partial charge in [-0.2, -0.15) is 0 Å². The molecule has 1 aliphatic heterocycles. The number of nitrogens with zero attached hydrogens (tertiary/aromatic N) is 1. The molecule has 1 amide bonds. The van der Waals surface area contributed by atoms with Gasteiger partial charge in [-0.05, 0) is 31.6 Å². The van der Waals surface area contributed by atoms with Gasteiger partial charge in [0.25, 0.3) is 0 Å². The number of hydrogen-bond donors (Lipinski definition) is 2. The molecule has 5 nitrogen and oxygen atoms in total. The van der Waals surface area contributed by atoms with Crippen molar-refractivity contribution < 1.29 is 14.7 Å². The van der Waals surface area contributed by atoms with Crippen LogP contribution in [-0.4, -0.2) is 41.0 Å². The first-order valence-corrected chi connectivity index (χ1v) is 6.80. The molecule has 0 bridgehead atoms. The molecule has 0 spiro atoms. The van der Waals surface area contributed by atoms with Gasteiger partial charge in [0.15, 0.2) is 0 Å². The van der Waals surface area contributed by atoms with Gasteiger partial charge in [-0.25, -0.2) is 0 Å². The summed E-state index contributed by atoms with van der Waals surface area (Å²) < 4.78 is 0. The maximum absolute atomic E-state index is 12.0. The zero-order chi connectivity index (χ0) is 13.5. The summed E-state index contributed by atoms with van der Waals surface area (Å²) in [5.74, 6) is -0.250. The van der Waals surface area contributed by atoms with Gasteiger partial charge in [0.1, 0.15) is 0 Å². The molecule has 1 rings (SSSR count). The summed E-state index contributed by atoms with van der Waals surface area (Å²) in [5.41, 5.74) is 5.82. The number of piperidine rings is 1. The summed E-state index contributed by atoms with van der Waals surface area (Å²) in [4.78, 5) is 24.3. The molecule has 1 saturated heterocycles. The largest absolute Gasteiger partial charge is 0.481 e. The fourth-order valence-electron chi connectivity index (χ4n) is 2.44. The number of carbonyl (C=O) groups excluding carboxylic acids is 1. The predicted octanol–water partition coefficient (Wildman–Crippen LogP) is 1.22. The Kier molecular flexibility index (Phi) is 6.12. The first kappa shape index (κ1) is 15.0. The number of hydrogen-bond acceptors (Lipinski definition) is 3. The molecule has 0 aromatic heterocycles. The van der Waals surface area contributed by atoms with Crippen LogP contribution in [-0.2, 0) is 9.59 Å². The van der Waals surface area contributed by atoms with E-state index in [2.05, 4.69) is 0 Å². The van der Waals surface area contributed by atoms with Crippen molar-refractivity contribution in [3.05, 3.63) is 0 Å². The van der Waals surface area contributed by atoms with Crippen molar-refractivity contribution in [1.82, 2.24) is 4.90 Å². The van der Waals surface area contributed by atoms with Gasteiger partial charge >= 0.3 is 5.97 Å². The van der Waals surface area contributed by atoms with Crippen LogP contribution in [0.4, 0.5) is 0 Å². The number of carbonyl (C=O) groups is 2. The summed E-state index contributed by atoms with van der Waals surface area (Å²) in [6.45, 7) is 3.46. The molecular weight excluding hydrogens is 232 g/mol. The van der Waals surface area contributed by atoms with E-state index < -0.39 is 5.97 Å². The van der Waals surface area contributed by atoms with Crippen molar-refractivity contribution in [2.24, 2.45) is 11.7 Å². The third-order valence-corrected chi connectivity index (χ3v) is 3.61. The normalized spacial score (nSPS) is 18.7. The lowest BCUT2D eigenvalue weighted by Gasteiger charge is -2.33. The molecule has 0 aromatic rings. The van der Waals surface area contributed by atoms with Crippen molar-refractivity contribution in [3.8, 4) is 0 Å². The van der Waals surface area contributed by atoms with Crippen LogP contribution in [0.15, 0.2) is 0 Å². The van der Waals surface area contributed by atoms with E-state index in [9.17, 15) is 9.59 Å². The van der Waals surface area contributed by atoms with E-state index in [1.165, 1.54) is 0 Å². The molecule has 1 aliphatic rings. The van der Waals surface area contributed by atoms with Crippen LogP contribution in [0.25, 0.3) is 0 Å². The summed E-state index contributed by atoms with van der Waals surface area (Å²) in [5, 5.41) is 8.64. The van der Waals surface area contributed by atoms with Gasteiger partial charge in [0, 0.05) is 19.5 Å². The third-order valence-electron chi connectivity index (χ3n) is 3.61. The van der Waals surface area contributed by atoms with Gasteiger partial charge in [0.2, 0.25) is 5.91 Å². The average molecular weight is 256 g/mol. The number of aliphatic carboxylic acids is 1. The summed E-state index contributed by atoms with van der Waals surface area (Å²) in [6, 6.07) is -0.370. The van der Waals surface area contributed by atoms with E-state index in [0.717, 1.165) is 45.2 Å². The molecule has 0 radical (unpaired) electrons. The predicted molar refractivity (Wildman–Crippen MR) is 69.1 cm³/mol. The number of rotatable bonds is 6. The Balaban J connectivity index is 2.30. The van der Waals surface area contributed by atoms with Crippen LogP contribution in [0.5, 0.6) is 0 Å². The molecule has 5 heteroatoms. The Morgan fingerprint density at radius 2 is 2.00 bits per heavy atom. The number of carboxylic acid groups (broad SMARTS) is 1. The summed E-state index contributed by atoms with van der Waals surface area (Å²) >= 11 is 0. The Labute approximate surface area is 108 Å². The van der Waals surface area contributed by atoms with Crippen LogP contribution in [0.1, 0.15) is 45.4 Å². The van der Waals surface area contributed by atoms with E-state index in [1.54, 1.807) is 0 Å². The SMILES string of the molecule is CCC[C@H](N)C(=O)N1CCC(CCC(=O)O)CC1. The van der Waals surface area contributed by atoms with Crippen molar-refractivity contribution in [2.45, 2.75) is 51.5 Å². The maximum atomic E-state index is 12.0. The molecule has 0 unspecified atom stereocenters. The highest BCUT2D eigenvalue weighted by atomic mass is 16.4. The molecule has 1 heterocycles. The number of amides is 1. The minimum Gasteiger partial charge on any atom is -0.481 e. The number of carboxylic acids is 1. The molecule has 1 fully saturated rings. The van der Waals surface area contributed by atoms with Gasteiger partial charge < -0.3 is 15.7 Å². The minimum atomic E-state index is -0.738. The number of likely N-dealkylation sites (tertiary alicyclic amines) is 1. The zero-order valence-electron chi connectivity index (χ0n) is 11.1. The third kappa shape index (κ3) is 4.64. The van der Waals surface area contributed by atoms with Crippen molar-refractivity contribution in [1.29, 1.82) is 0 Å². The zero-order valence-corrected chi connectivity index (χ0v) is 11.1. The second kappa shape index (κ2) is 7.36. The summed E-state index contributed by atoms with van der Waals surface area (Å²) in [6.07, 6.45) is 4.40. The van der Waals surface area contributed by atoms with Gasteiger partial charge in [-0.1, -0.05) is 13.3 Å². The molecule has 0 saturated carbocycles. The highest BCUT2D eigenvalue weighted by molar-refractivity contribution is 5.81. The van der Waals surface area contributed by atoms with Gasteiger partial charge in [-0.15, -0.1) is 0 Å². The first-order valence-electron chi connectivity index (χ1n) is 6.80. The van der Waals surface area contributed by atoms with E-state index in [1.807, 2.05) is 11.8 Å². The highest BCUT2D eigenvalue weighted by Crippen LogP contribution is 2.22. The minimum absolute atomic E-state index is 0.0496. The van der Waals surface area contributed by atoms with Crippen LogP contribution in [0, 0.1) is 5.92 Å². The lowest BCUT2D eigenvalue weighted by atomic mass is 9.92. The van der Waals surface area contributed by atoms with E-state index in [4.69, 9.17) is 10.8 Å². The van der Waals surface area contributed by atoms with E-state index >= 15 is 0 Å². The van der Waals surface area contributed by atoms with E-state index in [-0.39, 0.29) is 18.4 Å². The first-order chi connectivity index (χ1) is 8.54. The molecule has 3 N–H and O–H groups in total. The van der Waals surface area contributed by atoms with Crippen molar-refractivity contribution >= 4 is 11.9 Å². The second-order valence-corrected chi connectivity index (χ2v) is 5.10. The van der Waals surface area contributed by atoms with Crippen molar-refractivity contribution in [2.75, 3.05) is 13.1 Å². The maximum Gasteiger partial charge on any atom is 0.303 e. The monoisotopic (exact) mass is 256 g/mol. The molecular formula is C13H24N2O3. The standard InChI is InChI=1S/C13H24N2O3/c1-2-3-11(14)13(18)15-8-6-10(7-9-15)4-5-12(16)17/h10-11H,2-9,14H2,1H3,(H,16,17)/t11-/m0/s1. The molecule has 104 valence electrons. The molecule has 1 atom stereocenters. The highest BCUT2D eigenvalue weighted by Gasteiger charge is 2.25. The lowest BCUT2D eigenvalue weighted by molar-refractivity contribution is -0.138. The molecule has 18 heavy (non-hydrogen) atoms. The topological polar surface area (TPSA) is 83.6 Å². The fraction of sp³-hybridized carbons (Fsp3) is 0.846. The molecule has 0 aromatic carbocycles. The molecule has 0 aliphatic carbocycles. The van der Waals surface area contributed by atoms with Crippen LogP contribution >= 0.6 is 0 Å². The second-order valence-electron chi connectivity index (χ2n) is 5.10. The smallest absolute Gasteiger partial charge is 0.303 e. The average Bonchev–Trinajstić information content (AvgIpc) is 2.36. The Bertz CT molecular complexity index is 286. The number of nitrogens with two attached hydrogens (primary N) is 1. The van der Waals surface area contributed by atoms with Gasteiger partial charge in [0.05, 0.1) is 6.04 Å². The summed E-state index contributed by atoms with van der Waals surface area (Å²) in [7, 11) is 0. The van der Waals surface area contributed by atoms with Crippen LogP contribution in [0.2, 0.25) is 0 Å². The van der Waals surface area contributed by atoms with Crippen molar-refractivity contribution in [3.63, 3.8) is 0 Å². The van der Waals surface area contributed by atoms with Crippen LogP contribution < -0.4 is 5.73 Å².